The molecule has 0 spiro atoms. The van der Waals surface area contributed by atoms with Crippen molar-refractivity contribution in [2.24, 2.45) is 0 Å². The van der Waals surface area contributed by atoms with Crippen molar-refractivity contribution in [2.75, 3.05) is 5.32 Å². The number of carbonyl (C=O) groups is 2. The number of hydrogen-bond acceptors (Lipinski definition) is 3. The maximum atomic E-state index is 11.3. The lowest BCUT2D eigenvalue weighted by Gasteiger charge is -2.09. The minimum absolute atomic E-state index is 0.0502. The van der Waals surface area contributed by atoms with Gasteiger partial charge in [-0.05, 0) is 30.5 Å². The molecule has 0 fully saturated rings. The molecule has 0 aliphatic carbocycles. The van der Waals surface area contributed by atoms with Gasteiger partial charge in [-0.1, -0.05) is 12.1 Å². The maximum absolute atomic E-state index is 11.3. The van der Waals surface area contributed by atoms with E-state index in [0.717, 1.165) is 11.1 Å². The zero-order chi connectivity index (χ0) is 13.5. The smallest absolute Gasteiger partial charge is 0.303 e. The van der Waals surface area contributed by atoms with E-state index < -0.39 is 5.97 Å². The lowest BCUT2D eigenvalue weighted by Crippen LogP contribution is -2.11. The average molecular weight is 246 g/mol. The lowest BCUT2D eigenvalue weighted by molar-refractivity contribution is -0.137. The highest BCUT2D eigenvalue weighted by atomic mass is 16.4. The molecule has 5 heteroatoms. The molecule has 1 aromatic carbocycles. The van der Waals surface area contributed by atoms with E-state index in [9.17, 15) is 9.59 Å². The molecule has 0 saturated heterocycles. The third-order valence-corrected chi connectivity index (χ3v) is 2.44. The van der Waals surface area contributed by atoms with E-state index in [4.69, 9.17) is 10.4 Å². The lowest BCUT2D eigenvalue weighted by atomic mass is 10.1. The van der Waals surface area contributed by atoms with Crippen molar-refractivity contribution in [3.05, 3.63) is 29.3 Å². The van der Waals surface area contributed by atoms with Crippen molar-refractivity contribution < 1.29 is 14.7 Å². The Morgan fingerprint density at radius 2 is 2.17 bits per heavy atom. The Morgan fingerprint density at radius 3 is 2.78 bits per heavy atom. The van der Waals surface area contributed by atoms with Gasteiger partial charge in [0.2, 0.25) is 5.91 Å². The van der Waals surface area contributed by atoms with Gasteiger partial charge in [-0.2, -0.15) is 5.26 Å². The molecule has 0 atom stereocenters. The van der Waals surface area contributed by atoms with Gasteiger partial charge < -0.3 is 10.4 Å². The first-order valence-electron chi connectivity index (χ1n) is 5.51. The minimum Gasteiger partial charge on any atom is -0.481 e. The summed E-state index contributed by atoms with van der Waals surface area (Å²) in [5, 5.41) is 19.6. The molecule has 0 heterocycles. The third-order valence-electron chi connectivity index (χ3n) is 2.44. The second-order valence-electron chi connectivity index (χ2n) is 3.93. The molecule has 0 radical (unpaired) electrons. The van der Waals surface area contributed by atoms with Gasteiger partial charge in [0, 0.05) is 12.1 Å². The third kappa shape index (κ3) is 4.26. The number of hydrogen-bond donors (Lipinski definition) is 2. The zero-order valence-electron chi connectivity index (χ0n) is 10.1. The Bertz CT molecular complexity index is 503. The topological polar surface area (TPSA) is 90.2 Å². The molecule has 1 aromatic rings. The van der Waals surface area contributed by atoms with Gasteiger partial charge >= 0.3 is 5.97 Å². The van der Waals surface area contributed by atoms with Crippen LogP contribution in [0.25, 0.3) is 0 Å². The van der Waals surface area contributed by atoms with Crippen molar-refractivity contribution in [1.82, 2.24) is 0 Å². The van der Waals surface area contributed by atoms with Gasteiger partial charge in [-0.15, -0.1) is 0 Å². The van der Waals surface area contributed by atoms with Crippen LogP contribution >= 0.6 is 0 Å². The number of carbonyl (C=O) groups excluding carboxylic acids is 1. The summed E-state index contributed by atoms with van der Waals surface area (Å²) in [5.74, 6) is -1.22. The number of carboxylic acid groups (broad SMARTS) is 1. The number of rotatable bonds is 5. The first kappa shape index (κ1) is 13.7. The summed E-state index contributed by atoms with van der Waals surface area (Å²) in [6, 6.07) is 7.17. The van der Waals surface area contributed by atoms with E-state index >= 15 is 0 Å². The van der Waals surface area contributed by atoms with Crippen LogP contribution in [0.15, 0.2) is 18.2 Å². The second-order valence-corrected chi connectivity index (χ2v) is 3.93. The molecule has 0 saturated carbocycles. The van der Waals surface area contributed by atoms with Crippen LogP contribution in [-0.2, 0) is 16.0 Å². The van der Waals surface area contributed by atoms with Gasteiger partial charge in [0.25, 0.3) is 0 Å². The highest BCUT2D eigenvalue weighted by molar-refractivity contribution is 5.92. The molecule has 18 heavy (non-hydrogen) atoms. The number of amides is 1. The minimum atomic E-state index is -0.856. The molecule has 0 bridgehead atoms. The van der Waals surface area contributed by atoms with Gasteiger partial charge in [-0.25, -0.2) is 0 Å². The Balaban J connectivity index is 2.78. The number of aliphatic carboxylic acids is 1. The van der Waals surface area contributed by atoms with Crippen LogP contribution in [-0.4, -0.2) is 17.0 Å². The van der Waals surface area contributed by atoms with Crippen LogP contribution < -0.4 is 5.32 Å². The van der Waals surface area contributed by atoms with E-state index in [1.165, 1.54) is 0 Å². The molecule has 0 aliphatic rings. The Morgan fingerprint density at radius 1 is 1.44 bits per heavy atom. The number of carboxylic acids is 1. The summed E-state index contributed by atoms with van der Waals surface area (Å²) in [6.07, 6.45) is 0.268. The fourth-order valence-electron chi connectivity index (χ4n) is 1.48. The van der Waals surface area contributed by atoms with Crippen LogP contribution in [0.2, 0.25) is 0 Å². The summed E-state index contributed by atoms with van der Waals surface area (Å²) in [7, 11) is 0. The highest BCUT2D eigenvalue weighted by Crippen LogP contribution is 2.18. The molecule has 94 valence electrons. The van der Waals surface area contributed by atoms with E-state index in [1.54, 1.807) is 12.1 Å². The molecule has 5 nitrogen and oxygen atoms in total. The molecule has 0 aliphatic heterocycles. The maximum Gasteiger partial charge on any atom is 0.303 e. The highest BCUT2D eigenvalue weighted by Gasteiger charge is 2.06. The number of benzene rings is 1. The summed E-state index contributed by atoms with van der Waals surface area (Å²) < 4.78 is 0. The van der Waals surface area contributed by atoms with E-state index in [-0.39, 0.29) is 18.7 Å². The van der Waals surface area contributed by atoms with Crippen molar-refractivity contribution in [3.63, 3.8) is 0 Å². The second kappa shape index (κ2) is 6.40. The number of anilines is 1. The number of nitriles is 1. The summed E-state index contributed by atoms with van der Waals surface area (Å²) in [5.41, 5.74) is 2.34. The van der Waals surface area contributed by atoms with Crippen LogP contribution in [0.1, 0.15) is 24.0 Å². The van der Waals surface area contributed by atoms with Gasteiger partial charge in [-0.3, -0.25) is 9.59 Å². The average Bonchev–Trinajstić information content (AvgIpc) is 2.30. The summed E-state index contributed by atoms with van der Waals surface area (Å²) >= 11 is 0. The molecule has 1 amide bonds. The SMILES string of the molecule is Cc1ccc(CCC(=O)O)cc1NC(=O)CC#N. The monoisotopic (exact) mass is 246 g/mol. The normalized spacial score (nSPS) is 9.56. The summed E-state index contributed by atoms with van der Waals surface area (Å²) in [4.78, 5) is 21.8. The zero-order valence-corrected chi connectivity index (χ0v) is 10.1. The predicted molar refractivity (Wildman–Crippen MR) is 66.0 cm³/mol. The molecule has 1 rings (SSSR count). The van der Waals surface area contributed by atoms with Crippen LogP contribution in [0.3, 0.4) is 0 Å². The quantitative estimate of drug-likeness (QED) is 0.829. The fraction of sp³-hybridized carbons (Fsp3) is 0.308. The van der Waals surface area contributed by atoms with Gasteiger partial charge in [0.05, 0.1) is 6.07 Å². The standard InChI is InChI=1S/C13H14N2O3/c1-9-2-3-10(4-5-13(17)18)8-11(9)15-12(16)6-7-14/h2-3,8H,4-6H2,1H3,(H,15,16)(H,17,18). The number of nitrogens with one attached hydrogen (secondary N) is 1. The largest absolute Gasteiger partial charge is 0.481 e. The van der Waals surface area contributed by atoms with E-state index in [1.807, 2.05) is 19.1 Å². The molecular weight excluding hydrogens is 232 g/mol. The number of aryl methyl sites for hydroxylation is 2. The van der Waals surface area contributed by atoms with Crippen LogP contribution in [0, 0.1) is 18.3 Å². The number of nitrogens with zero attached hydrogens (tertiary/aromatic N) is 1. The van der Waals surface area contributed by atoms with Gasteiger partial charge in [0.15, 0.2) is 0 Å². The van der Waals surface area contributed by atoms with Gasteiger partial charge in [0.1, 0.15) is 6.42 Å². The van der Waals surface area contributed by atoms with Crippen LogP contribution in [0.4, 0.5) is 5.69 Å². The predicted octanol–water partition coefficient (Wildman–Crippen LogP) is 1.86. The van der Waals surface area contributed by atoms with Crippen LogP contribution in [0.5, 0.6) is 0 Å². The molecular formula is C13H14N2O3. The fourth-order valence-corrected chi connectivity index (χ4v) is 1.48. The molecule has 0 unspecified atom stereocenters. The first-order valence-corrected chi connectivity index (χ1v) is 5.51. The Kier molecular flexibility index (Phi) is 4.88. The molecule has 0 aromatic heterocycles. The Hall–Kier alpha value is -2.35. The Labute approximate surface area is 105 Å². The van der Waals surface area contributed by atoms with E-state index in [0.29, 0.717) is 12.1 Å². The first-order chi connectivity index (χ1) is 8.52. The van der Waals surface area contributed by atoms with Crippen molar-refractivity contribution in [1.29, 1.82) is 5.26 Å². The van der Waals surface area contributed by atoms with E-state index in [2.05, 4.69) is 5.32 Å². The van der Waals surface area contributed by atoms with Crippen molar-refractivity contribution >= 4 is 17.6 Å². The van der Waals surface area contributed by atoms with Crippen molar-refractivity contribution in [3.8, 4) is 6.07 Å². The molecule has 2 N–H and O–H groups in total. The summed E-state index contributed by atoms with van der Waals surface area (Å²) in [6.45, 7) is 1.84. The van der Waals surface area contributed by atoms with Crippen molar-refractivity contribution in [2.45, 2.75) is 26.2 Å².